The molecule has 1 rings (SSSR count). The molecule has 0 aromatic carbocycles. The largest absolute Gasteiger partial charge is 0.309 e. The first-order chi connectivity index (χ1) is 5.83. The van der Waals surface area contributed by atoms with Crippen molar-refractivity contribution >= 4 is 11.8 Å². The summed E-state index contributed by atoms with van der Waals surface area (Å²) in [5, 5.41) is 3.69. The first-order valence-electron chi connectivity index (χ1n) is 4.00. The Morgan fingerprint density at radius 3 is 2.75 bits per heavy atom. The first-order valence-corrected chi connectivity index (χ1v) is 5.05. The molecule has 1 unspecified atom stereocenters. The molecule has 1 heterocycles. The Morgan fingerprint density at radius 1 is 1.50 bits per heavy atom. The van der Waals surface area contributed by atoms with E-state index in [-0.39, 0.29) is 0 Å². The number of nitrogens with one attached hydrogen (secondary N) is 1. The monoisotopic (exact) mass is 182 g/mol. The normalized spacial score (nSPS) is 12.8. The first kappa shape index (κ1) is 9.55. The second-order valence-corrected chi connectivity index (χ2v) is 3.93. The molecule has 0 aliphatic carbocycles. The SMILES string of the molecule is CNC(C)SCc1ccncc1. The lowest BCUT2D eigenvalue weighted by Crippen LogP contribution is -2.16. The number of nitrogens with zero attached hydrogens (tertiary/aromatic N) is 1. The predicted molar refractivity (Wildman–Crippen MR) is 54.1 cm³/mol. The molecule has 66 valence electrons. The number of thioether (sulfide) groups is 1. The summed E-state index contributed by atoms with van der Waals surface area (Å²) < 4.78 is 0. The van der Waals surface area contributed by atoms with Gasteiger partial charge in [-0.15, -0.1) is 11.8 Å². The lowest BCUT2D eigenvalue weighted by molar-refractivity contribution is 0.805. The van der Waals surface area contributed by atoms with Gasteiger partial charge in [-0.25, -0.2) is 0 Å². The van der Waals surface area contributed by atoms with E-state index in [4.69, 9.17) is 0 Å². The molecule has 1 aromatic rings. The maximum atomic E-state index is 3.97. The zero-order chi connectivity index (χ0) is 8.81. The van der Waals surface area contributed by atoms with Gasteiger partial charge in [0.15, 0.2) is 0 Å². The highest BCUT2D eigenvalue weighted by Gasteiger charge is 1.98. The van der Waals surface area contributed by atoms with Gasteiger partial charge in [0, 0.05) is 18.1 Å². The Morgan fingerprint density at radius 2 is 2.17 bits per heavy atom. The second kappa shape index (κ2) is 5.17. The molecule has 1 N–H and O–H groups in total. The summed E-state index contributed by atoms with van der Waals surface area (Å²) in [4.78, 5) is 3.97. The summed E-state index contributed by atoms with van der Waals surface area (Å²) in [5.41, 5.74) is 1.33. The second-order valence-electron chi connectivity index (χ2n) is 2.60. The fraction of sp³-hybridized carbons (Fsp3) is 0.444. The van der Waals surface area contributed by atoms with Crippen molar-refractivity contribution in [3.63, 3.8) is 0 Å². The van der Waals surface area contributed by atoms with Crippen LogP contribution in [0.5, 0.6) is 0 Å². The van der Waals surface area contributed by atoms with E-state index in [1.165, 1.54) is 5.56 Å². The Bertz CT molecular complexity index is 213. The highest BCUT2D eigenvalue weighted by molar-refractivity contribution is 7.99. The summed E-state index contributed by atoms with van der Waals surface area (Å²) in [6.45, 7) is 2.16. The van der Waals surface area contributed by atoms with Crippen LogP contribution in [0.25, 0.3) is 0 Å². The minimum atomic E-state index is 0.512. The summed E-state index contributed by atoms with van der Waals surface area (Å²) in [6.07, 6.45) is 3.67. The quantitative estimate of drug-likeness (QED) is 0.720. The van der Waals surface area contributed by atoms with E-state index in [0.29, 0.717) is 5.37 Å². The minimum absolute atomic E-state index is 0.512. The molecule has 1 atom stereocenters. The molecule has 1 aromatic heterocycles. The smallest absolute Gasteiger partial charge is 0.0504 e. The van der Waals surface area contributed by atoms with Crippen molar-refractivity contribution in [3.8, 4) is 0 Å². The summed E-state index contributed by atoms with van der Waals surface area (Å²) >= 11 is 1.89. The van der Waals surface area contributed by atoms with Gasteiger partial charge in [-0.05, 0) is 31.7 Å². The molecule has 0 aliphatic heterocycles. The van der Waals surface area contributed by atoms with Gasteiger partial charge in [-0.1, -0.05) is 0 Å². The van der Waals surface area contributed by atoms with Crippen molar-refractivity contribution in [1.29, 1.82) is 0 Å². The maximum Gasteiger partial charge on any atom is 0.0504 e. The van der Waals surface area contributed by atoms with Crippen LogP contribution in [0.15, 0.2) is 24.5 Å². The van der Waals surface area contributed by atoms with E-state index < -0.39 is 0 Å². The number of aromatic nitrogens is 1. The lowest BCUT2D eigenvalue weighted by atomic mass is 10.3. The molecular weight excluding hydrogens is 168 g/mol. The highest BCUT2D eigenvalue weighted by Crippen LogP contribution is 2.14. The molecule has 0 spiro atoms. The molecular formula is C9H14N2S. The maximum absolute atomic E-state index is 3.97. The van der Waals surface area contributed by atoms with Crippen molar-refractivity contribution in [2.75, 3.05) is 7.05 Å². The zero-order valence-corrected chi connectivity index (χ0v) is 8.27. The fourth-order valence-corrected chi connectivity index (χ4v) is 1.59. The predicted octanol–water partition coefficient (Wildman–Crippen LogP) is 1.88. The third-order valence-corrected chi connectivity index (χ3v) is 2.89. The summed E-state index contributed by atoms with van der Waals surface area (Å²) in [6, 6.07) is 4.10. The number of rotatable bonds is 4. The van der Waals surface area contributed by atoms with Gasteiger partial charge in [-0.3, -0.25) is 4.98 Å². The Kier molecular flexibility index (Phi) is 4.11. The standard InChI is InChI=1S/C9H14N2S/c1-8(10-2)12-7-9-3-5-11-6-4-9/h3-6,8,10H,7H2,1-2H3. The molecule has 0 saturated heterocycles. The van der Waals surface area contributed by atoms with Crippen molar-refractivity contribution in [2.24, 2.45) is 0 Å². The van der Waals surface area contributed by atoms with Gasteiger partial charge in [-0.2, -0.15) is 0 Å². The average molecular weight is 182 g/mol. The molecule has 2 nitrogen and oxygen atoms in total. The third kappa shape index (κ3) is 3.24. The van der Waals surface area contributed by atoms with E-state index in [1.807, 2.05) is 31.2 Å². The third-order valence-electron chi connectivity index (χ3n) is 1.66. The van der Waals surface area contributed by atoms with E-state index in [0.717, 1.165) is 5.75 Å². The van der Waals surface area contributed by atoms with Crippen LogP contribution in [0.3, 0.4) is 0 Å². The Balaban J connectivity index is 2.33. The van der Waals surface area contributed by atoms with Gasteiger partial charge in [0.2, 0.25) is 0 Å². The van der Waals surface area contributed by atoms with Crippen molar-refractivity contribution in [2.45, 2.75) is 18.1 Å². The molecule has 0 saturated carbocycles. The Hall–Kier alpha value is -0.540. The van der Waals surface area contributed by atoms with Crippen LogP contribution in [0.2, 0.25) is 0 Å². The number of pyridine rings is 1. The molecule has 0 amide bonds. The number of hydrogen-bond acceptors (Lipinski definition) is 3. The fourth-order valence-electron chi connectivity index (χ4n) is 0.784. The van der Waals surface area contributed by atoms with Crippen LogP contribution >= 0.6 is 11.8 Å². The Labute approximate surface area is 77.8 Å². The van der Waals surface area contributed by atoms with E-state index in [9.17, 15) is 0 Å². The van der Waals surface area contributed by atoms with E-state index >= 15 is 0 Å². The summed E-state index contributed by atoms with van der Waals surface area (Å²) in [5.74, 6) is 1.05. The van der Waals surface area contributed by atoms with Gasteiger partial charge >= 0.3 is 0 Å². The van der Waals surface area contributed by atoms with Crippen molar-refractivity contribution < 1.29 is 0 Å². The number of hydrogen-bond donors (Lipinski definition) is 1. The van der Waals surface area contributed by atoms with Crippen LogP contribution in [0.1, 0.15) is 12.5 Å². The molecule has 3 heteroatoms. The molecule has 0 aliphatic rings. The van der Waals surface area contributed by atoms with Crippen LogP contribution in [0.4, 0.5) is 0 Å². The van der Waals surface area contributed by atoms with Crippen LogP contribution < -0.4 is 5.32 Å². The zero-order valence-electron chi connectivity index (χ0n) is 7.45. The average Bonchev–Trinajstić information content (AvgIpc) is 2.16. The lowest BCUT2D eigenvalue weighted by Gasteiger charge is -2.08. The van der Waals surface area contributed by atoms with Crippen molar-refractivity contribution in [1.82, 2.24) is 10.3 Å². The topological polar surface area (TPSA) is 24.9 Å². The van der Waals surface area contributed by atoms with Gasteiger partial charge in [0.05, 0.1) is 5.37 Å². The van der Waals surface area contributed by atoms with Crippen LogP contribution in [-0.4, -0.2) is 17.4 Å². The van der Waals surface area contributed by atoms with Crippen LogP contribution in [0, 0.1) is 0 Å². The van der Waals surface area contributed by atoms with Crippen molar-refractivity contribution in [3.05, 3.63) is 30.1 Å². The minimum Gasteiger partial charge on any atom is -0.309 e. The molecule has 0 bridgehead atoms. The van der Waals surface area contributed by atoms with E-state index in [2.05, 4.69) is 29.4 Å². The molecule has 12 heavy (non-hydrogen) atoms. The van der Waals surface area contributed by atoms with Crippen LogP contribution in [-0.2, 0) is 5.75 Å². The summed E-state index contributed by atoms with van der Waals surface area (Å²) in [7, 11) is 1.98. The molecule has 0 radical (unpaired) electrons. The van der Waals surface area contributed by atoms with Gasteiger partial charge in [0.1, 0.15) is 0 Å². The highest BCUT2D eigenvalue weighted by atomic mass is 32.2. The van der Waals surface area contributed by atoms with Gasteiger partial charge < -0.3 is 5.32 Å². The van der Waals surface area contributed by atoms with Gasteiger partial charge in [0.25, 0.3) is 0 Å². The molecule has 0 fully saturated rings. The van der Waals surface area contributed by atoms with E-state index in [1.54, 1.807) is 0 Å².